The van der Waals surface area contributed by atoms with Crippen molar-refractivity contribution in [1.82, 2.24) is 4.98 Å². The van der Waals surface area contributed by atoms with Crippen LogP contribution in [-0.4, -0.2) is 29.8 Å². The molecular formula is C7H10N2O4. The predicted octanol–water partition coefficient (Wildman–Crippen LogP) is -0.547. The van der Waals surface area contributed by atoms with E-state index in [-0.39, 0.29) is 18.2 Å². The number of ether oxygens (including phenoxy) is 1. The van der Waals surface area contributed by atoms with Crippen LogP contribution in [0, 0.1) is 0 Å². The number of carbonyl (C=O) groups excluding carboxylic acids is 1. The van der Waals surface area contributed by atoms with Gasteiger partial charge < -0.3 is 20.0 Å². The second-order valence-electron chi connectivity index (χ2n) is 2.35. The van der Waals surface area contributed by atoms with E-state index in [0.717, 1.165) is 6.26 Å². The molecule has 6 heteroatoms. The summed E-state index contributed by atoms with van der Waals surface area (Å²) in [6.45, 7) is -0.291. The smallest absolute Gasteiger partial charge is 0.360 e. The fourth-order valence-corrected chi connectivity index (χ4v) is 0.734. The second kappa shape index (κ2) is 4.01. The van der Waals surface area contributed by atoms with Crippen molar-refractivity contribution in [1.29, 1.82) is 0 Å². The number of aromatic nitrogens is 1. The lowest BCUT2D eigenvalue weighted by molar-refractivity contribution is 0.0594. The number of esters is 1. The zero-order valence-electron chi connectivity index (χ0n) is 7.06. The standard InChI is InChI=1S/C7H10N2O4/c1-12-7(11)5-3-13-6(9-5)4(8)2-10/h3-4,10H,2,8H2,1H3. The molecule has 72 valence electrons. The molecule has 3 N–H and O–H groups in total. The number of nitrogens with zero attached hydrogens (tertiary/aromatic N) is 1. The topological polar surface area (TPSA) is 98.6 Å². The van der Waals surface area contributed by atoms with E-state index in [9.17, 15) is 4.79 Å². The molecule has 0 radical (unpaired) electrons. The molecule has 0 saturated heterocycles. The van der Waals surface area contributed by atoms with Crippen LogP contribution >= 0.6 is 0 Å². The van der Waals surface area contributed by atoms with Crippen molar-refractivity contribution in [3.05, 3.63) is 17.8 Å². The summed E-state index contributed by atoms with van der Waals surface area (Å²) >= 11 is 0. The summed E-state index contributed by atoms with van der Waals surface area (Å²) in [5.74, 6) is -0.483. The van der Waals surface area contributed by atoms with Crippen LogP contribution in [0.15, 0.2) is 10.7 Å². The molecule has 0 aliphatic carbocycles. The van der Waals surface area contributed by atoms with Crippen LogP contribution in [0.25, 0.3) is 0 Å². The Hall–Kier alpha value is -1.40. The lowest BCUT2D eigenvalue weighted by atomic mass is 10.3. The molecule has 1 aromatic rings. The minimum Gasteiger partial charge on any atom is -0.464 e. The molecular weight excluding hydrogens is 176 g/mol. The van der Waals surface area contributed by atoms with Gasteiger partial charge >= 0.3 is 5.97 Å². The van der Waals surface area contributed by atoms with Gasteiger partial charge in [-0.15, -0.1) is 0 Å². The van der Waals surface area contributed by atoms with Crippen LogP contribution in [0.2, 0.25) is 0 Å². The molecule has 1 heterocycles. The van der Waals surface area contributed by atoms with E-state index in [1.54, 1.807) is 0 Å². The Kier molecular flexibility index (Phi) is 2.99. The highest BCUT2D eigenvalue weighted by Gasteiger charge is 2.16. The summed E-state index contributed by atoms with van der Waals surface area (Å²) in [4.78, 5) is 14.6. The summed E-state index contributed by atoms with van der Waals surface area (Å²) in [5.41, 5.74) is 5.43. The zero-order chi connectivity index (χ0) is 9.84. The van der Waals surface area contributed by atoms with Crippen molar-refractivity contribution in [2.24, 2.45) is 5.73 Å². The highest BCUT2D eigenvalue weighted by atomic mass is 16.5. The third kappa shape index (κ3) is 2.04. The fourth-order valence-electron chi connectivity index (χ4n) is 0.734. The molecule has 0 fully saturated rings. The number of aliphatic hydroxyl groups excluding tert-OH is 1. The fraction of sp³-hybridized carbons (Fsp3) is 0.429. The van der Waals surface area contributed by atoms with Gasteiger partial charge in [-0.1, -0.05) is 0 Å². The number of carbonyl (C=O) groups is 1. The van der Waals surface area contributed by atoms with E-state index in [1.165, 1.54) is 7.11 Å². The van der Waals surface area contributed by atoms with Crippen molar-refractivity contribution in [2.45, 2.75) is 6.04 Å². The Labute approximate surface area is 74.3 Å². The van der Waals surface area contributed by atoms with Crippen molar-refractivity contribution in [2.75, 3.05) is 13.7 Å². The molecule has 1 atom stereocenters. The van der Waals surface area contributed by atoms with E-state index >= 15 is 0 Å². The number of hydrogen-bond donors (Lipinski definition) is 2. The van der Waals surface area contributed by atoms with Gasteiger partial charge in [0.05, 0.1) is 13.7 Å². The van der Waals surface area contributed by atoms with Crippen molar-refractivity contribution in [3.8, 4) is 0 Å². The van der Waals surface area contributed by atoms with Crippen molar-refractivity contribution < 1.29 is 19.1 Å². The average Bonchev–Trinajstić information content (AvgIpc) is 2.64. The molecule has 0 amide bonds. The van der Waals surface area contributed by atoms with E-state index in [1.807, 2.05) is 0 Å². The number of aliphatic hydroxyl groups is 1. The third-order valence-electron chi connectivity index (χ3n) is 1.43. The number of hydrogen-bond acceptors (Lipinski definition) is 6. The first-order valence-electron chi connectivity index (χ1n) is 3.59. The first-order valence-corrected chi connectivity index (χ1v) is 3.59. The Morgan fingerprint density at radius 1 is 1.92 bits per heavy atom. The second-order valence-corrected chi connectivity index (χ2v) is 2.35. The van der Waals surface area contributed by atoms with Gasteiger partial charge in [0, 0.05) is 0 Å². The first kappa shape index (κ1) is 9.69. The van der Waals surface area contributed by atoms with Crippen LogP contribution in [0.5, 0.6) is 0 Å². The Balaban J connectivity index is 2.80. The van der Waals surface area contributed by atoms with Crippen LogP contribution in [0.1, 0.15) is 22.4 Å². The SMILES string of the molecule is COC(=O)c1coc(C(N)CO)n1. The van der Waals surface area contributed by atoms with Gasteiger partial charge in [0.15, 0.2) is 5.69 Å². The van der Waals surface area contributed by atoms with Crippen LogP contribution in [0.3, 0.4) is 0 Å². The third-order valence-corrected chi connectivity index (χ3v) is 1.43. The number of nitrogens with two attached hydrogens (primary N) is 1. The van der Waals surface area contributed by atoms with Gasteiger partial charge in [0.25, 0.3) is 0 Å². The van der Waals surface area contributed by atoms with Crippen LogP contribution in [0.4, 0.5) is 0 Å². The molecule has 0 saturated carbocycles. The largest absolute Gasteiger partial charge is 0.464 e. The van der Waals surface area contributed by atoms with E-state index < -0.39 is 12.0 Å². The molecule has 0 aliphatic rings. The Bertz CT molecular complexity index is 296. The molecule has 0 bridgehead atoms. The summed E-state index contributed by atoms with van der Waals surface area (Å²) < 4.78 is 9.24. The average molecular weight is 186 g/mol. The predicted molar refractivity (Wildman–Crippen MR) is 41.9 cm³/mol. The molecule has 0 spiro atoms. The molecule has 1 unspecified atom stereocenters. The molecule has 0 aliphatic heterocycles. The van der Waals surface area contributed by atoms with Crippen molar-refractivity contribution >= 4 is 5.97 Å². The molecule has 0 aromatic carbocycles. The minimum absolute atomic E-state index is 0.0430. The molecule has 1 rings (SSSR count). The van der Waals surface area contributed by atoms with Gasteiger partial charge in [0.1, 0.15) is 12.3 Å². The Morgan fingerprint density at radius 3 is 3.15 bits per heavy atom. The Morgan fingerprint density at radius 2 is 2.62 bits per heavy atom. The van der Waals surface area contributed by atoms with E-state index in [4.69, 9.17) is 15.3 Å². The minimum atomic E-state index is -0.710. The number of oxazole rings is 1. The van der Waals surface area contributed by atoms with Gasteiger partial charge in [-0.25, -0.2) is 9.78 Å². The normalized spacial score (nSPS) is 12.5. The van der Waals surface area contributed by atoms with Crippen LogP contribution in [-0.2, 0) is 4.74 Å². The first-order chi connectivity index (χ1) is 6.19. The summed E-state index contributed by atoms with van der Waals surface area (Å²) in [7, 11) is 1.24. The maximum atomic E-state index is 10.9. The summed E-state index contributed by atoms with van der Waals surface area (Å²) in [5, 5.41) is 8.65. The number of rotatable bonds is 3. The summed E-state index contributed by atoms with van der Waals surface area (Å²) in [6.07, 6.45) is 1.14. The lowest BCUT2D eigenvalue weighted by Crippen LogP contribution is -2.15. The quantitative estimate of drug-likeness (QED) is 0.615. The zero-order valence-corrected chi connectivity index (χ0v) is 7.06. The molecule has 13 heavy (non-hydrogen) atoms. The highest BCUT2D eigenvalue weighted by molar-refractivity contribution is 5.86. The highest BCUT2D eigenvalue weighted by Crippen LogP contribution is 2.09. The van der Waals surface area contributed by atoms with Crippen molar-refractivity contribution in [3.63, 3.8) is 0 Å². The number of methoxy groups -OCH3 is 1. The van der Waals surface area contributed by atoms with E-state index in [2.05, 4.69) is 9.72 Å². The molecule has 6 nitrogen and oxygen atoms in total. The van der Waals surface area contributed by atoms with Crippen LogP contribution < -0.4 is 5.73 Å². The maximum absolute atomic E-state index is 10.9. The van der Waals surface area contributed by atoms with Gasteiger partial charge in [-0.05, 0) is 0 Å². The van der Waals surface area contributed by atoms with Gasteiger partial charge in [-0.2, -0.15) is 0 Å². The van der Waals surface area contributed by atoms with Gasteiger partial charge in [-0.3, -0.25) is 0 Å². The monoisotopic (exact) mass is 186 g/mol. The molecule has 1 aromatic heterocycles. The maximum Gasteiger partial charge on any atom is 0.360 e. The van der Waals surface area contributed by atoms with Gasteiger partial charge in [0.2, 0.25) is 5.89 Å². The summed E-state index contributed by atoms with van der Waals surface area (Å²) in [6, 6.07) is -0.710. The lowest BCUT2D eigenvalue weighted by Gasteiger charge is -1.99. The van der Waals surface area contributed by atoms with E-state index in [0.29, 0.717) is 0 Å².